The maximum absolute atomic E-state index is 13.3. The number of sulfone groups is 3. The number of hydrogen-bond acceptors (Lipinski definition) is 8. The van der Waals surface area contributed by atoms with E-state index in [9.17, 15) is 25.3 Å². The van der Waals surface area contributed by atoms with Crippen molar-refractivity contribution < 1.29 is 34.7 Å². The van der Waals surface area contributed by atoms with Crippen LogP contribution in [-0.2, 0) is 29.5 Å². The zero-order valence-electron chi connectivity index (χ0n) is 24.7. The van der Waals surface area contributed by atoms with Crippen LogP contribution < -0.4 is 9.47 Å². The highest BCUT2D eigenvalue weighted by Crippen LogP contribution is 2.29. The predicted octanol–water partition coefficient (Wildman–Crippen LogP) is 6.54. The van der Waals surface area contributed by atoms with Crippen LogP contribution in [0.5, 0.6) is 11.5 Å². The molecule has 11 heteroatoms. The molecule has 0 aliphatic carbocycles. The van der Waals surface area contributed by atoms with Crippen molar-refractivity contribution in [2.45, 2.75) is 82.1 Å². The Labute approximate surface area is 254 Å². The van der Waals surface area contributed by atoms with Crippen molar-refractivity contribution in [3.8, 4) is 11.5 Å². The maximum Gasteiger partial charge on any atom is 0.206 e. The van der Waals surface area contributed by atoms with Gasteiger partial charge in [-0.2, -0.15) is 0 Å². The van der Waals surface area contributed by atoms with E-state index in [1.54, 1.807) is 24.3 Å². The Hall–Kier alpha value is -3.67. The molecule has 0 fully saturated rings. The molecule has 0 amide bonds. The van der Waals surface area contributed by atoms with Gasteiger partial charge in [-0.1, -0.05) is 0 Å². The normalized spacial score (nSPS) is 13.0. The van der Waals surface area contributed by atoms with E-state index >= 15 is 0 Å². The Morgan fingerprint density at radius 2 is 0.512 bits per heavy atom. The van der Waals surface area contributed by atoms with Crippen LogP contribution in [0.25, 0.3) is 0 Å². The molecule has 0 unspecified atom stereocenters. The summed E-state index contributed by atoms with van der Waals surface area (Å²) >= 11 is 0. The number of benzene rings is 4. The summed E-state index contributed by atoms with van der Waals surface area (Å²) in [5.74, 6) is 1.05. The van der Waals surface area contributed by atoms with E-state index < -0.39 is 40.7 Å². The largest absolute Gasteiger partial charge is 0.488 e. The number of hydrogen-bond donors (Lipinski definition) is 0. The van der Waals surface area contributed by atoms with Crippen LogP contribution in [0.4, 0.5) is 0 Å². The van der Waals surface area contributed by atoms with Crippen molar-refractivity contribution in [2.75, 3.05) is 0 Å². The third-order valence-electron chi connectivity index (χ3n) is 6.00. The highest BCUT2D eigenvalue weighted by atomic mass is 32.2. The van der Waals surface area contributed by atoms with E-state index in [0.717, 1.165) is 0 Å². The van der Waals surface area contributed by atoms with Gasteiger partial charge in [0.05, 0.1) is 29.4 Å². The molecule has 4 aromatic rings. The second kappa shape index (κ2) is 11.4. The Balaban J connectivity index is 1.54. The van der Waals surface area contributed by atoms with Gasteiger partial charge >= 0.3 is 0 Å². The molecule has 0 N–H and O–H groups in total. The molecule has 228 valence electrons. The highest BCUT2D eigenvalue weighted by molar-refractivity contribution is 7.92. The molecule has 0 saturated carbocycles. The maximum atomic E-state index is 13.3. The van der Waals surface area contributed by atoms with Crippen molar-refractivity contribution in [3.63, 3.8) is 0 Å². The first kappa shape index (κ1) is 32.2. The molecule has 0 aliphatic rings. The molecule has 4 rings (SSSR count). The Bertz CT molecular complexity index is 1770. The van der Waals surface area contributed by atoms with Crippen LogP contribution in [-0.4, -0.2) is 36.5 Å². The lowest BCUT2D eigenvalue weighted by Gasteiger charge is -2.21. The van der Waals surface area contributed by atoms with E-state index in [2.05, 4.69) is 0 Å². The van der Waals surface area contributed by atoms with Crippen LogP contribution in [0, 0.1) is 0 Å². The van der Waals surface area contributed by atoms with Crippen LogP contribution in [0.3, 0.4) is 0 Å². The van der Waals surface area contributed by atoms with Crippen LogP contribution >= 0.6 is 0 Å². The standard InChI is InChI=1S/C32H34O8S3/c1-31(2,3)39-23-7-11-25(12-8-23)41(33,34)27-15-19-29(20-16-27)43(37,38)30-21-17-28(18-22-30)42(35,36)26-13-9-24(10-14-26)40-32(4,5)6/h7-22H,1-6H3. The minimum absolute atomic E-state index is 0.0394. The molecule has 0 heterocycles. The van der Waals surface area contributed by atoms with E-state index in [4.69, 9.17) is 9.47 Å². The van der Waals surface area contributed by atoms with Crippen molar-refractivity contribution in [1.29, 1.82) is 0 Å². The van der Waals surface area contributed by atoms with Gasteiger partial charge in [0, 0.05) is 0 Å². The van der Waals surface area contributed by atoms with Crippen molar-refractivity contribution >= 4 is 29.5 Å². The summed E-state index contributed by atoms with van der Waals surface area (Å²) in [5.41, 5.74) is -0.880. The van der Waals surface area contributed by atoms with Gasteiger partial charge < -0.3 is 9.47 Å². The number of rotatable bonds is 8. The minimum atomic E-state index is -4.06. The van der Waals surface area contributed by atoms with Gasteiger partial charge in [-0.05, 0) is 139 Å². The lowest BCUT2D eigenvalue weighted by atomic mass is 10.2. The lowest BCUT2D eigenvalue weighted by molar-refractivity contribution is 0.130. The molecule has 0 aliphatic heterocycles. The molecule has 0 saturated heterocycles. The zero-order valence-corrected chi connectivity index (χ0v) is 27.2. The molecular formula is C32H34O8S3. The zero-order chi connectivity index (χ0) is 31.8. The monoisotopic (exact) mass is 642 g/mol. The van der Waals surface area contributed by atoms with Crippen LogP contribution in [0.1, 0.15) is 41.5 Å². The van der Waals surface area contributed by atoms with E-state index in [1.807, 2.05) is 41.5 Å². The fraction of sp³-hybridized carbons (Fsp3) is 0.250. The second-order valence-corrected chi connectivity index (χ2v) is 17.7. The summed E-state index contributed by atoms with van der Waals surface area (Å²) in [6.45, 7) is 11.3. The van der Waals surface area contributed by atoms with Gasteiger partial charge in [-0.25, -0.2) is 25.3 Å². The topological polar surface area (TPSA) is 121 Å². The highest BCUT2D eigenvalue weighted by Gasteiger charge is 2.24. The average Bonchev–Trinajstić information content (AvgIpc) is 2.92. The molecule has 0 spiro atoms. The summed E-state index contributed by atoms with van der Waals surface area (Å²) in [7, 11) is -11.9. The quantitative estimate of drug-likeness (QED) is 0.213. The van der Waals surface area contributed by atoms with Gasteiger partial charge in [0.25, 0.3) is 0 Å². The third-order valence-corrected chi connectivity index (χ3v) is 11.4. The molecule has 0 atom stereocenters. The molecule has 0 aromatic heterocycles. The summed E-state index contributed by atoms with van der Waals surface area (Å²) in [6, 6.07) is 21.8. The second-order valence-electron chi connectivity index (χ2n) is 11.8. The van der Waals surface area contributed by atoms with Crippen LogP contribution in [0.2, 0.25) is 0 Å². The van der Waals surface area contributed by atoms with Gasteiger partial charge in [-0.15, -0.1) is 0 Å². The van der Waals surface area contributed by atoms with E-state index in [1.165, 1.54) is 72.8 Å². The summed E-state index contributed by atoms with van der Waals surface area (Å²) in [4.78, 5) is -0.335. The third kappa shape index (κ3) is 7.46. The van der Waals surface area contributed by atoms with Crippen molar-refractivity contribution in [1.82, 2.24) is 0 Å². The van der Waals surface area contributed by atoms with Gasteiger partial charge in [0.2, 0.25) is 29.5 Å². The Morgan fingerprint density at radius 3 is 0.674 bits per heavy atom. The molecule has 0 radical (unpaired) electrons. The SMILES string of the molecule is CC(C)(C)Oc1ccc(S(=O)(=O)c2ccc(S(=O)(=O)c3ccc(S(=O)(=O)c4ccc(OC(C)(C)C)cc4)cc3)cc2)cc1. The fourth-order valence-electron chi connectivity index (χ4n) is 4.08. The molecular weight excluding hydrogens is 609 g/mol. The molecule has 0 bridgehead atoms. The van der Waals surface area contributed by atoms with Crippen LogP contribution in [0.15, 0.2) is 126 Å². The first-order chi connectivity index (χ1) is 19.8. The van der Waals surface area contributed by atoms with Crippen molar-refractivity contribution in [2.24, 2.45) is 0 Å². The first-order valence-electron chi connectivity index (χ1n) is 13.3. The predicted molar refractivity (Wildman–Crippen MR) is 163 cm³/mol. The Kier molecular flexibility index (Phi) is 8.58. The van der Waals surface area contributed by atoms with Gasteiger partial charge in [0.15, 0.2) is 0 Å². The van der Waals surface area contributed by atoms with Crippen molar-refractivity contribution in [3.05, 3.63) is 97.1 Å². The average molecular weight is 643 g/mol. The summed E-state index contributed by atoms with van der Waals surface area (Å²) < 4.78 is 90.6. The first-order valence-corrected chi connectivity index (χ1v) is 17.8. The smallest absolute Gasteiger partial charge is 0.206 e. The van der Waals surface area contributed by atoms with E-state index in [0.29, 0.717) is 11.5 Å². The summed E-state index contributed by atoms with van der Waals surface area (Å²) in [6.07, 6.45) is 0. The van der Waals surface area contributed by atoms with Gasteiger partial charge in [0.1, 0.15) is 22.7 Å². The van der Waals surface area contributed by atoms with Gasteiger partial charge in [-0.3, -0.25) is 0 Å². The lowest BCUT2D eigenvalue weighted by Crippen LogP contribution is -2.22. The Morgan fingerprint density at radius 1 is 0.349 bits per heavy atom. The minimum Gasteiger partial charge on any atom is -0.488 e. The molecule has 4 aromatic carbocycles. The fourth-order valence-corrected chi connectivity index (χ4v) is 7.87. The number of ether oxygens (including phenoxy) is 2. The summed E-state index contributed by atoms with van der Waals surface area (Å²) in [5, 5.41) is 0. The van der Waals surface area contributed by atoms with E-state index in [-0.39, 0.29) is 29.4 Å². The molecule has 43 heavy (non-hydrogen) atoms. The molecule has 8 nitrogen and oxygen atoms in total.